The first-order valence-electron chi connectivity index (χ1n) is 7.11. The molecule has 2 N–H and O–H groups in total. The average molecular weight is 322 g/mol. The summed E-state index contributed by atoms with van der Waals surface area (Å²) in [4.78, 5) is 0. The summed E-state index contributed by atoms with van der Waals surface area (Å²) in [7, 11) is 1.59. The number of rotatable bonds is 8. The predicted octanol–water partition coefficient (Wildman–Crippen LogP) is 3.31. The van der Waals surface area contributed by atoms with Gasteiger partial charge in [0.25, 0.3) is 0 Å². The molecule has 0 unspecified atom stereocenters. The van der Waals surface area contributed by atoms with Crippen LogP contribution in [0.1, 0.15) is 5.56 Å². The SMILES string of the molecule is COc1cc(CCN)cc(Cl)c1OCCOc1ccccc1. The Labute approximate surface area is 135 Å². The lowest BCUT2D eigenvalue weighted by molar-refractivity contribution is 0.211. The second-order valence-electron chi connectivity index (χ2n) is 4.66. The molecule has 22 heavy (non-hydrogen) atoms. The van der Waals surface area contributed by atoms with Crippen LogP contribution in [0.25, 0.3) is 0 Å². The van der Waals surface area contributed by atoms with Crippen LogP contribution in [-0.4, -0.2) is 26.9 Å². The highest BCUT2D eigenvalue weighted by Gasteiger charge is 2.12. The zero-order valence-corrected chi connectivity index (χ0v) is 13.3. The molecule has 2 aromatic rings. The number of hydrogen-bond acceptors (Lipinski definition) is 4. The van der Waals surface area contributed by atoms with E-state index in [1.807, 2.05) is 42.5 Å². The van der Waals surface area contributed by atoms with Crippen molar-refractivity contribution in [2.24, 2.45) is 5.73 Å². The Morgan fingerprint density at radius 2 is 1.77 bits per heavy atom. The normalized spacial score (nSPS) is 10.3. The molecular formula is C17H20ClNO3. The van der Waals surface area contributed by atoms with E-state index in [4.69, 9.17) is 31.5 Å². The minimum Gasteiger partial charge on any atom is -0.493 e. The number of methoxy groups -OCH3 is 1. The van der Waals surface area contributed by atoms with Gasteiger partial charge in [0.15, 0.2) is 11.5 Å². The summed E-state index contributed by atoms with van der Waals surface area (Å²) in [6, 6.07) is 13.3. The van der Waals surface area contributed by atoms with E-state index in [1.54, 1.807) is 7.11 Å². The summed E-state index contributed by atoms with van der Waals surface area (Å²) in [5.41, 5.74) is 6.59. The summed E-state index contributed by atoms with van der Waals surface area (Å²) >= 11 is 6.26. The maximum absolute atomic E-state index is 6.26. The topological polar surface area (TPSA) is 53.7 Å². The summed E-state index contributed by atoms with van der Waals surface area (Å²) in [5, 5.41) is 0.516. The summed E-state index contributed by atoms with van der Waals surface area (Å²) in [5.74, 6) is 1.94. The molecule has 0 bridgehead atoms. The van der Waals surface area contributed by atoms with Gasteiger partial charge in [-0.25, -0.2) is 0 Å². The minimum absolute atomic E-state index is 0.376. The van der Waals surface area contributed by atoms with E-state index in [2.05, 4.69) is 0 Å². The van der Waals surface area contributed by atoms with Crippen LogP contribution in [0.5, 0.6) is 17.2 Å². The molecule has 0 aromatic heterocycles. The van der Waals surface area contributed by atoms with Crippen LogP contribution in [0, 0.1) is 0 Å². The van der Waals surface area contributed by atoms with Crippen LogP contribution in [-0.2, 0) is 6.42 Å². The third kappa shape index (κ3) is 4.55. The first-order valence-corrected chi connectivity index (χ1v) is 7.49. The predicted molar refractivity (Wildman–Crippen MR) is 88.2 cm³/mol. The van der Waals surface area contributed by atoms with Crippen molar-refractivity contribution in [2.75, 3.05) is 26.9 Å². The van der Waals surface area contributed by atoms with Crippen molar-refractivity contribution in [3.8, 4) is 17.2 Å². The first kappa shape index (κ1) is 16.5. The Bertz CT molecular complexity index is 590. The second kappa shape index (κ2) is 8.51. The van der Waals surface area contributed by atoms with Crippen molar-refractivity contribution in [2.45, 2.75) is 6.42 Å². The summed E-state index contributed by atoms with van der Waals surface area (Å²) in [6.45, 7) is 1.36. The van der Waals surface area contributed by atoms with Gasteiger partial charge in [0.05, 0.1) is 12.1 Å². The largest absolute Gasteiger partial charge is 0.493 e. The number of benzene rings is 2. The van der Waals surface area contributed by atoms with Crippen molar-refractivity contribution in [1.29, 1.82) is 0 Å². The molecule has 0 saturated carbocycles. The summed E-state index contributed by atoms with van der Waals surface area (Å²) in [6.07, 6.45) is 0.744. The molecule has 118 valence electrons. The van der Waals surface area contributed by atoms with E-state index in [0.29, 0.717) is 36.3 Å². The van der Waals surface area contributed by atoms with Gasteiger partial charge in [-0.1, -0.05) is 29.8 Å². The van der Waals surface area contributed by atoms with E-state index in [1.165, 1.54) is 0 Å². The molecule has 4 nitrogen and oxygen atoms in total. The zero-order chi connectivity index (χ0) is 15.8. The maximum Gasteiger partial charge on any atom is 0.179 e. The molecule has 2 aromatic carbocycles. The smallest absolute Gasteiger partial charge is 0.179 e. The van der Waals surface area contributed by atoms with Crippen LogP contribution in [0.15, 0.2) is 42.5 Å². The minimum atomic E-state index is 0.376. The molecule has 0 heterocycles. The van der Waals surface area contributed by atoms with Crippen molar-refractivity contribution >= 4 is 11.6 Å². The maximum atomic E-state index is 6.26. The lowest BCUT2D eigenvalue weighted by Crippen LogP contribution is -2.10. The van der Waals surface area contributed by atoms with Gasteiger partial charge in [0.2, 0.25) is 0 Å². The van der Waals surface area contributed by atoms with Gasteiger partial charge in [-0.15, -0.1) is 0 Å². The molecule has 0 atom stereocenters. The molecule has 0 aliphatic heterocycles. The Hall–Kier alpha value is -1.91. The van der Waals surface area contributed by atoms with Gasteiger partial charge in [-0.2, -0.15) is 0 Å². The third-order valence-electron chi connectivity index (χ3n) is 3.06. The number of para-hydroxylation sites is 1. The van der Waals surface area contributed by atoms with Crippen molar-refractivity contribution < 1.29 is 14.2 Å². The molecule has 0 radical (unpaired) electrons. The number of halogens is 1. The van der Waals surface area contributed by atoms with E-state index in [-0.39, 0.29) is 0 Å². The lowest BCUT2D eigenvalue weighted by Gasteiger charge is -2.14. The summed E-state index contributed by atoms with van der Waals surface area (Å²) < 4.78 is 16.6. The standard InChI is InChI=1S/C17H20ClNO3/c1-20-16-12-13(7-8-19)11-15(18)17(16)22-10-9-21-14-5-3-2-4-6-14/h2-6,11-12H,7-10,19H2,1H3. The highest BCUT2D eigenvalue weighted by atomic mass is 35.5. The first-order chi connectivity index (χ1) is 10.7. The van der Waals surface area contributed by atoms with Crippen LogP contribution >= 0.6 is 11.6 Å². The highest BCUT2D eigenvalue weighted by Crippen LogP contribution is 2.36. The van der Waals surface area contributed by atoms with Crippen molar-refractivity contribution in [3.63, 3.8) is 0 Å². The zero-order valence-electron chi connectivity index (χ0n) is 12.5. The molecule has 2 rings (SSSR count). The third-order valence-corrected chi connectivity index (χ3v) is 3.34. The Kier molecular flexibility index (Phi) is 6.37. The Morgan fingerprint density at radius 1 is 1.05 bits per heavy atom. The van der Waals surface area contributed by atoms with Crippen molar-refractivity contribution in [3.05, 3.63) is 53.1 Å². The highest BCUT2D eigenvalue weighted by molar-refractivity contribution is 6.32. The average Bonchev–Trinajstić information content (AvgIpc) is 2.54. The van der Waals surface area contributed by atoms with E-state index >= 15 is 0 Å². The monoisotopic (exact) mass is 321 g/mol. The molecule has 0 spiro atoms. The second-order valence-corrected chi connectivity index (χ2v) is 5.06. The molecule has 0 aliphatic carbocycles. The van der Waals surface area contributed by atoms with Crippen LogP contribution in [0.4, 0.5) is 0 Å². The molecule has 0 aliphatic rings. The number of nitrogens with two attached hydrogens (primary N) is 1. The molecule has 0 fully saturated rings. The fourth-order valence-electron chi connectivity index (χ4n) is 2.04. The molecule has 0 saturated heterocycles. The van der Waals surface area contributed by atoms with E-state index < -0.39 is 0 Å². The Morgan fingerprint density at radius 3 is 2.45 bits per heavy atom. The number of hydrogen-bond donors (Lipinski definition) is 1. The molecular weight excluding hydrogens is 302 g/mol. The number of ether oxygens (including phenoxy) is 3. The Balaban J connectivity index is 1.94. The van der Waals surface area contributed by atoms with Gasteiger partial charge in [-0.05, 0) is 42.8 Å². The van der Waals surface area contributed by atoms with Crippen molar-refractivity contribution in [1.82, 2.24) is 0 Å². The van der Waals surface area contributed by atoms with Gasteiger partial charge in [0, 0.05) is 0 Å². The van der Waals surface area contributed by atoms with Crippen LogP contribution < -0.4 is 19.9 Å². The lowest BCUT2D eigenvalue weighted by atomic mass is 10.1. The van der Waals surface area contributed by atoms with Gasteiger partial charge in [-0.3, -0.25) is 0 Å². The fraction of sp³-hybridized carbons (Fsp3) is 0.294. The molecule has 5 heteroatoms. The van der Waals surface area contributed by atoms with E-state index in [9.17, 15) is 0 Å². The quantitative estimate of drug-likeness (QED) is 0.758. The van der Waals surface area contributed by atoms with Crippen LogP contribution in [0.3, 0.4) is 0 Å². The van der Waals surface area contributed by atoms with Crippen LogP contribution in [0.2, 0.25) is 5.02 Å². The van der Waals surface area contributed by atoms with Gasteiger partial charge in [0.1, 0.15) is 19.0 Å². The van der Waals surface area contributed by atoms with E-state index in [0.717, 1.165) is 17.7 Å². The fourth-order valence-corrected chi connectivity index (χ4v) is 2.33. The van der Waals surface area contributed by atoms with Gasteiger partial charge >= 0.3 is 0 Å². The van der Waals surface area contributed by atoms with Gasteiger partial charge < -0.3 is 19.9 Å². The molecule has 0 amide bonds.